The molecule has 0 spiro atoms. The number of rotatable bonds is 4. The van der Waals surface area contributed by atoms with E-state index in [4.69, 9.17) is 18.0 Å². The summed E-state index contributed by atoms with van der Waals surface area (Å²) in [7, 11) is 0. The van der Waals surface area contributed by atoms with E-state index in [1.165, 1.54) is 17.8 Å². The van der Waals surface area contributed by atoms with Crippen LogP contribution in [0.5, 0.6) is 0 Å². The molecule has 0 amide bonds. The quantitative estimate of drug-likeness (QED) is 0.864. The maximum absolute atomic E-state index is 5.72. The number of nitrogens with two attached hydrogens (primary N) is 1. The minimum absolute atomic E-state index is 0.482. The molecule has 0 unspecified atom stereocenters. The van der Waals surface area contributed by atoms with Crippen LogP contribution in [0.4, 0.5) is 5.69 Å². The summed E-state index contributed by atoms with van der Waals surface area (Å²) >= 11 is 5.06. The molecule has 0 bridgehead atoms. The van der Waals surface area contributed by atoms with Crippen molar-refractivity contribution in [3.05, 3.63) is 29.3 Å². The zero-order valence-corrected chi connectivity index (χ0v) is 13.5. The Hall–Kier alpha value is -1.13. The van der Waals surface area contributed by atoms with Gasteiger partial charge in [0, 0.05) is 44.0 Å². The summed E-state index contributed by atoms with van der Waals surface area (Å²) in [6, 6.07) is 6.39. The number of anilines is 1. The lowest BCUT2D eigenvalue weighted by Crippen LogP contribution is -2.47. The Morgan fingerprint density at radius 3 is 2.40 bits per heavy atom. The second-order valence-corrected chi connectivity index (χ2v) is 6.48. The number of benzene rings is 1. The van der Waals surface area contributed by atoms with Crippen molar-refractivity contribution in [2.24, 2.45) is 11.7 Å². The summed E-state index contributed by atoms with van der Waals surface area (Å²) in [6.07, 6.45) is 0. The number of piperazine rings is 1. The highest BCUT2D eigenvalue weighted by atomic mass is 32.1. The molecule has 0 atom stereocenters. The molecule has 0 saturated carbocycles. The monoisotopic (exact) mass is 291 g/mol. The highest BCUT2D eigenvalue weighted by molar-refractivity contribution is 7.80. The van der Waals surface area contributed by atoms with Crippen LogP contribution in [0.3, 0.4) is 0 Å². The van der Waals surface area contributed by atoms with Crippen molar-refractivity contribution in [2.75, 3.05) is 37.6 Å². The standard InChI is InChI=1S/C16H25N3S/c1-12(2)11-18-6-8-19(9-7-18)14-4-5-15(16(17)20)13(3)10-14/h4-5,10,12H,6-9,11H2,1-3H3,(H2,17,20). The maximum Gasteiger partial charge on any atom is 0.104 e. The summed E-state index contributed by atoms with van der Waals surface area (Å²) in [5.41, 5.74) is 9.16. The minimum atomic E-state index is 0.482. The third-order valence-corrected chi connectivity index (χ3v) is 4.06. The second-order valence-electron chi connectivity index (χ2n) is 6.04. The van der Waals surface area contributed by atoms with Gasteiger partial charge in [0.25, 0.3) is 0 Å². The molecule has 110 valence electrons. The Kier molecular flexibility index (Phi) is 5.00. The Bertz CT molecular complexity index is 477. The topological polar surface area (TPSA) is 32.5 Å². The van der Waals surface area contributed by atoms with Crippen LogP contribution in [-0.4, -0.2) is 42.6 Å². The summed E-state index contributed by atoms with van der Waals surface area (Å²) < 4.78 is 0. The van der Waals surface area contributed by atoms with E-state index >= 15 is 0 Å². The van der Waals surface area contributed by atoms with E-state index in [1.807, 2.05) is 6.07 Å². The third-order valence-electron chi connectivity index (χ3n) is 3.84. The van der Waals surface area contributed by atoms with E-state index in [-0.39, 0.29) is 0 Å². The molecule has 1 aliphatic heterocycles. The number of aryl methyl sites for hydroxylation is 1. The van der Waals surface area contributed by atoms with Crippen molar-refractivity contribution >= 4 is 22.9 Å². The van der Waals surface area contributed by atoms with Gasteiger partial charge < -0.3 is 10.6 Å². The largest absolute Gasteiger partial charge is 0.389 e. The number of hydrogen-bond donors (Lipinski definition) is 1. The average molecular weight is 291 g/mol. The minimum Gasteiger partial charge on any atom is -0.389 e. The first-order valence-electron chi connectivity index (χ1n) is 7.35. The van der Waals surface area contributed by atoms with Gasteiger partial charge in [-0.05, 0) is 36.6 Å². The van der Waals surface area contributed by atoms with Gasteiger partial charge in [-0.3, -0.25) is 4.90 Å². The summed E-state index contributed by atoms with van der Waals surface area (Å²) in [5.74, 6) is 0.744. The smallest absolute Gasteiger partial charge is 0.104 e. The molecule has 0 radical (unpaired) electrons. The lowest BCUT2D eigenvalue weighted by molar-refractivity contribution is 0.231. The zero-order chi connectivity index (χ0) is 14.7. The maximum atomic E-state index is 5.72. The van der Waals surface area contributed by atoms with Gasteiger partial charge in [0.05, 0.1) is 0 Å². The molecule has 1 saturated heterocycles. The molecule has 2 N–H and O–H groups in total. The van der Waals surface area contributed by atoms with Crippen LogP contribution in [0.15, 0.2) is 18.2 Å². The fourth-order valence-corrected chi connectivity index (χ4v) is 3.06. The summed E-state index contributed by atoms with van der Waals surface area (Å²) in [6.45, 7) is 12.3. The molecule has 1 aliphatic rings. The van der Waals surface area contributed by atoms with Crippen LogP contribution < -0.4 is 10.6 Å². The van der Waals surface area contributed by atoms with Gasteiger partial charge in [-0.15, -0.1) is 0 Å². The fourth-order valence-electron chi connectivity index (χ4n) is 2.83. The fraction of sp³-hybridized carbons (Fsp3) is 0.562. The van der Waals surface area contributed by atoms with Gasteiger partial charge in [0.2, 0.25) is 0 Å². The van der Waals surface area contributed by atoms with Crippen LogP contribution >= 0.6 is 12.2 Å². The molecular weight excluding hydrogens is 266 g/mol. The molecule has 1 aromatic carbocycles. The molecule has 3 nitrogen and oxygen atoms in total. The molecule has 1 aromatic rings. The van der Waals surface area contributed by atoms with Gasteiger partial charge in [-0.1, -0.05) is 26.1 Å². The van der Waals surface area contributed by atoms with Crippen molar-refractivity contribution in [1.82, 2.24) is 4.90 Å². The molecule has 2 rings (SSSR count). The van der Waals surface area contributed by atoms with Crippen molar-refractivity contribution in [2.45, 2.75) is 20.8 Å². The average Bonchev–Trinajstić information content (AvgIpc) is 2.38. The van der Waals surface area contributed by atoms with E-state index in [2.05, 4.69) is 42.7 Å². The van der Waals surface area contributed by atoms with Crippen molar-refractivity contribution in [1.29, 1.82) is 0 Å². The third kappa shape index (κ3) is 3.70. The van der Waals surface area contributed by atoms with Crippen LogP contribution in [-0.2, 0) is 0 Å². The van der Waals surface area contributed by atoms with E-state index in [0.29, 0.717) is 4.99 Å². The summed E-state index contributed by atoms with van der Waals surface area (Å²) in [5, 5.41) is 0. The summed E-state index contributed by atoms with van der Waals surface area (Å²) in [4.78, 5) is 5.49. The van der Waals surface area contributed by atoms with Gasteiger partial charge in [0.1, 0.15) is 4.99 Å². The van der Waals surface area contributed by atoms with E-state index in [9.17, 15) is 0 Å². The first kappa shape index (κ1) is 15.3. The van der Waals surface area contributed by atoms with Gasteiger partial charge >= 0.3 is 0 Å². The SMILES string of the molecule is Cc1cc(N2CCN(CC(C)C)CC2)ccc1C(N)=S. The Balaban J connectivity index is 2.00. The Morgan fingerprint density at radius 2 is 1.90 bits per heavy atom. The zero-order valence-electron chi connectivity index (χ0n) is 12.7. The molecule has 4 heteroatoms. The van der Waals surface area contributed by atoms with Crippen molar-refractivity contribution in [3.8, 4) is 0 Å². The predicted molar refractivity (Wildman–Crippen MR) is 90.6 cm³/mol. The molecular formula is C16H25N3S. The number of nitrogens with zero attached hydrogens (tertiary/aromatic N) is 2. The highest BCUT2D eigenvalue weighted by Gasteiger charge is 2.18. The molecule has 20 heavy (non-hydrogen) atoms. The second kappa shape index (κ2) is 6.55. The molecule has 1 heterocycles. The number of thiocarbonyl (C=S) groups is 1. The lowest BCUT2D eigenvalue weighted by atomic mass is 10.1. The van der Waals surface area contributed by atoms with Crippen LogP contribution in [0.2, 0.25) is 0 Å². The van der Waals surface area contributed by atoms with Gasteiger partial charge in [-0.25, -0.2) is 0 Å². The van der Waals surface area contributed by atoms with Crippen molar-refractivity contribution in [3.63, 3.8) is 0 Å². The molecule has 0 aliphatic carbocycles. The Labute approximate surface area is 127 Å². The first-order valence-corrected chi connectivity index (χ1v) is 7.76. The van der Waals surface area contributed by atoms with E-state index < -0.39 is 0 Å². The van der Waals surface area contributed by atoms with Crippen molar-refractivity contribution < 1.29 is 0 Å². The van der Waals surface area contributed by atoms with Crippen LogP contribution in [0, 0.1) is 12.8 Å². The number of hydrogen-bond acceptors (Lipinski definition) is 3. The Morgan fingerprint density at radius 1 is 1.25 bits per heavy atom. The normalized spacial score (nSPS) is 16.7. The first-order chi connectivity index (χ1) is 9.47. The highest BCUT2D eigenvalue weighted by Crippen LogP contribution is 2.21. The van der Waals surface area contributed by atoms with E-state index in [0.717, 1.165) is 37.7 Å². The van der Waals surface area contributed by atoms with Gasteiger partial charge in [0.15, 0.2) is 0 Å². The lowest BCUT2D eigenvalue weighted by Gasteiger charge is -2.37. The predicted octanol–water partition coefficient (Wildman–Crippen LogP) is 2.41. The van der Waals surface area contributed by atoms with Gasteiger partial charge in [-0.2, -0.15) is 0 Å². The molecule has 0 aromatic heterocycles. The van der Waals surface area contributed by atoms with E-state index in [1.54, 1.807) is 0 Å². The molecule has 1 fully saturated rings. The van der Waals surface area contributed by atoms with Crippen LogP contribution in [0.25, 0.3) is 0 Å². The van der Waals surface area contributed by atoms with Crippen LogP contribution in [0.1, 0.15) is 25.0 Å².